The molecule has 1 heterocycles. The zero-order valence-electron chi connectivity index (χ0n) is 15.2. The molecule has 2 aliphatic rings. The molecular weight excluding hydrogens is 397 g/mol. The van der Waals surface area contributed by atoms with E-state index in [1.165, 1.54) is 18.9 Å². The fraction of sp³-hybridized carbons (Fsp3) is 0.333. The molecule has 2 N–H and O–H groups in total. The Labute approximate surface area is 174 Å². The molecule has 28 heavy (non-hydrogen) atoms. The summed E-state index contributed by atoms with van der Waals surface area (Å²) >= 11 is 11.9. The molecule has 0 radical (unpaired) electrons. The van der Waals surface area contributed by atoms with E-state index < -0.39 is 12.1 Å². The average Bonchev–Trinajstić information content (AvgIpc) is 3.30. The molecule has 0 unspecified atom stereocenters. The summed E-state index contributed by atoms with van der Waals surface area (Å²) in [6.07, 6.45) is 4.09. The van der Waals surface area contributed by atoms with Gasteiger partial charge in [-0.1, -0.05) is 29.3 Å². The molecule has 5 nitrogen and oxygen atoms in total. The number of carbonyl (C=O) groups is 1. The summed E-state index contributed by atoms with van der Waals surface area (Å²) in [4.78, 5) is 19.4. The van der Waals surface area contributed by atoms with Crippen LogP contribution in [0, 0.1) is 0 Å². The van der Waals surface area contributed by atoms with Crippen molar-refractivity contribution in [3.8, 4) is 0 Å². The van der Waals surface area contributed by atoms with Crippen molar-refractivity contribution >= 4 is 41.1 Å². The van der Waals surface area contributed by atoms with Crippen LogP contribution in [0.2, 0.25) is 10.0 Å². The number of amides is 1. The van der Waals surface area contributed by atoms with Crippen LogP contribution in [0.3, 0.4) is 0 Å². The Kier molecular flexibility index (Phi) is 5.58. The molecular formula is C21H21Cl2N3O2. The van der Waals surface area contributed by atoms with Gasteiger partial charge < -0.3 is 15.3 Å². The Morgan fingerprint density at radius 2 is 1.93 bits per heavy atom. The topological polar surface area (TPSA) is 64.9 Å². The molecule has 0 saturated carbocycles. The van der Waals surface area contributed by atoms with Crippen LogP contribution in [0.15, 0.2) is 41.4 Å². The van der Waals surface area contributed by atoms with Crippen molar-refractivity contribution in [2.75, 3.05) is 13.1 Å². The summed E-state index contributed by atoms with van der Waals surface area (Å²) in [6.45, 7) is 2.07. The molecule has 146 valence electrons. The van der Waals surface area contributed by atoms with Gasteiger partial charge in [0.1, 0.15) is 0 Å². The fourth-order valence-electron chi connectivity index (χ4n) is 3.73. The molecule has 1 aliphatic carbocycles. The number of nitrogens with zero attached hydrogens (tertiary/aromatic N) is 2. The van der Waals surface area contributed by atoms with Crippen molar-refractivity contribution in [2.45, 2.75) is 31.4 Å². The van der Waals surface area contributed by atoms with Crippen LogP contribution in [0.4, 0.5) is 5.69 Å². The van der Waals surface area contributed by atoms with Crippen LogP contribution < -0.4 is 5.32 Å². The number of nitrogens with one attached hydrogen (secondary N) is 1. The first-order chi connectivity index (χ1) is 13.5. The lowest BCUT2D eigenvalue weighted by Crippen LogP contribution is -2.33. The lowest BCUT2D eigenvalue weighted by Gasteiger charge is -2.18. The highest BCUT2D eigenvalue weighted by Crippen LogP contribution is 2.34. The van der Waals surface area contributed by atoms with Gasteiger partial charge in [0.2, 0.25) is 0 Å². The number of rotatable bonds is 4. The number of hydrogen-bond acceptors (Lipinski definition) is 3. The predicted molar refractivity (Wildman–Crippen MR) is 112 cm³/mol. The van der Waals surface area contributed by atoms with Gasteiger partial charge in [-0.3, -0.25) is 4.79 Å². The van der Waals surface area contributed by atoms with Crippen LogP contribution in [0.1, 0.15) is 40.4 Å². The largest absolute Gasteiger partial charge is 0.390 e. The summed E-state index contributed by atoms with van der Waals surface area (Å²) in [7, 11) is 0. The Hall–Kier alpha value is -2.08. The Morgan fingerprint density at radius 1 is 1.14 bits per heavy atom. The third-order valence-electron chi connectivity index (χ3n) is 5.26. The molecule has 2 aromatic carbocycles. The molecule has 2 atom stereocenters. The van der Waals surface area contributed by atoms with E-state index >= 15 is 0 Å². The lowest BCUT2D eigenvalue weighted by atomic mass is 10.1. The first kappa shape index (κ1) is 19.2. The monoisotopic (exact) mass is 417 g/mol. The third-order valence-corrected chi connectivity index (χ3v) is 6.00. The highest BCUT2D eigenvalue weighted by Gasteiger charge is 2.32. The van der Waals surface area contributed by atoms with Gasteiger partial charge in [0.05, 0.1) is 34.2 Å². The second-order valence-corrected chi connectivity index (χ2v) is 8.04. The summed E-state index contributed by atoms with van der Waals surface area (Å²) in [5.74, 6) is -0.304. The average molecular weight is 418 g/mol. The Bertz CT molecular complexity index is 926. The number of likely N-dealkylation sites (tertiary alicyclic amines) is 1. The molecule has 0 spiro atoms. The van der Waals surface area contributed by atoms with E-state index in [2.05, 4.69) is 15.2 Å². The fourth-order valence-corrected chi connectivity index (χ4v) is 4.03. The molecule has 7 heteroatoms. The van der Waals surface area contributed by atoms with E-state index in [9.17, 15) is 9.90 Å². The number of carbonyl (C=O) groups excluding carboxylic acids is 1. The molecule has 4 rings (SSSR count). The summed E-state index contributed by atoms with van der Waals surface area (Å²) in [5, 5.41) is 14.1. The van der Waals surface area contributed by atoms with Gasteiger partial charge in [0.15, 0.2) is 0 Å². The highest BCUT2D eigenvalue weighted by molar-refractivity contribution is 6.42. The molecule has 1 fully saturated rings. The third kappa shape index (κ3) is 4.02. The van der Waals surface area contributed by atoms with Crippen LogP contribution in [0.5, 0.6) is 0 Å². The minimum absolute atomic E-state index is 0.304. The van der Waals surface area contributed by atoms with E-state index in [1.54, 1.807) is 12.1 Å². The zero-order chi connectivity index (χ0) is 19.7. The maximum Gasteiger partial charge on any atom is 0.251 e. The van der Waals surface area contributed by atoms with Crippen molar-refractivity contribution in [3.05, 3.63) is 63.1 Å². The normalized spacial score (nSPS) is 21.3. The first-order valence-corrected chi connectivity index (χ1v) is 10.1. The van der Waals surface area contributed by atoms with E-state index in [4.69, 9.17) is 23.2 Å². The predicted octanol–water partition coefficient (Wildman–Crippen LogP) is 4.14. The van der Waals surface area contributed by atoms with E-state index in [1.807, 2.05) is 24.5 Å². The minimum atomic E-state index is -0.681. The quantitative estimate of drug-likeness (QED) is 0.580. The number of aliphatic hydroxyl groups is 1. The van der Waals surface area contributed by atoms with Gasteiger partial charge >= 0.3 is 0 Å². The Balaban J connectivity index is 1.53. The molecule has 0 bridgehead atoms. The van der Waals surface area contributed by atoms with Gasteiger partial charge in [-0.25, -0.2) is 4.99 Å². The van der Waals surface area contributed by atoms with Gasteiger partial charge in [-0.15, -0.1) is 0 Å². The number of benzene rings is 2. The van der Waals surface area contributed by atoms with E-state index in [-0.39, 0.29) is 5.91 Å². The second-order valence-electron chi connectivity index (χ2n) is 7.22. The van der Waals surface area contributed by atoms with Crippen molar-refractivity contribution < 1.29 is 9.90 Å². The van der Waals surface area contributed by atoms with Crippen LogP contribution in [-0.4, -0.2) is 41.4 Å². The van der Waals surface area contributed by atoms with E-state index in [0.29, 0.717) is 22.0 Å². The molecule has 1 saturated heterocycles. The number of hydrogen-bond donors (Lipinski definition) is 2. The lowest BCUT2D eigenvalue weighted by molar-refractivity contribution is 0.0858. The SMILES string of the molecule is O=C(N[C@@H]1c2cc(N=CN3CCCC3)ccc2C[C@H]1O)c1ccc(Cl)c(Cl)c1. The standard InChI is InChI=1S/C21H21Cl2N3O2/c22-17-6-4-14(9-18(17)23)21(28)25-20-16-11-15(5-3-13(16)10-19(20)27)24-12-26-7-1-2-8-26/h3-6,9,11-12,19-20,27H,1-2,7-8,10H2,(H,25,28)/t19-,20-/m1/s1. The zero-order valence-corrected chi connectivity index (χ0v) is 16.7. The number of aliphatic imine (C=N–C) groups is 1. The maximum absolute atomic E-state index is 12.6. The van der Waals surface area contributed by atoms with E-state index in [0.717, 1.165) is 29.9 Å². The van der Waals surface area contributed by atoms with Crippen molar-refractivity contribution in [1.29, 1.82) is 0 Å². The maximum atomic E-state index is 12.6. The summed E-state index contributed by atoms with van der Waals surface area (Å²) in [6, 6.07) is 10.1. The number of fused-ring (bicyclic) bond motifs is 1. The molecule has 0 aromatic heterocycles. The van der Waals surface area contributed by atoms with Gasteiger partial charge in [0.25, 0.3) is 5.91 Å². The molecule has 1 aliphatic heterocycles. The van der Waals surface area contributed by atoms with Crippen molar-refractivity contribution in [2.24, 2.45) is 4.99 Å². The van der Waals surface area contributed by atoms with Crippen LogP contribution in [0.25, 0.3) is 0 Å². The number of aliphatic hydroxyl groups excluding tert-OH is 1. The van der Waals surface area contributed by atoms with Gasteiger partial charge in [-0.2, -0.15) is 0 Å². The van der Waals surface area contributed by atoms with Gasteiger partial charge in [0, 0.05) is 25.1 Å². The minimum Gasteiger partial charge on any atom is -0.390 e. The summed E-state index contributed by atoms with van der Waals surface area (Å²) in [5.41, 5.74) is 3.14. The number of halogens is 2. The van der Waals surface area contributed by atoms with Crippen LogP contribution in [-0.2, 0) is 6.42 Å². The highest BCUT2D eigenvalue weighted by atomic mass is 35.5. The van der Waals surface area contributed by atoms with Crippen molar-refractivity contribution in [1.82, 2.24) is 10.2 Å². The van der Waals surface area contributed by atoms with Crippen molar-refractivity contribution in [3.63, 3.8) is 0 Å². The first-order valence-electron chi connectivity index (χ1n) is 9.36. The van der Waals surface area contributed by atoms with Gasteiger partial charge in [-0.05, 0) is 54.3 Å². The van der Waals surface area contributed by atoms with Crippen LogP contribution >= 0.6 is 23.2 Å². The molecule has 2 aromatic rings. The summed E-state index contributed by atoms with van der Waals surface area (Å²) < 4.78 is 0. The smallest absolute Gasteiger partial charge is 0.251 e. The molecule has 1 amide bonds. The second kappa shape index (κ2) is 8.11. The Morgan fingerprint density at radius 3 is 2.68 bits per heavy atom.